The lowest BCUT2D eigenvalue weighted by Gasteiger charge is -2.20. The highest BCUT2D eigenvalue weighted by Gasteiger charge is 2.10. The number of nitrogens with one attached hydrogen (secondary N) is 1. The average Bonchev–Trinajstić information content (AvgIpc) is 2.36. The molecule has 1 unspecified atom stereocenters. The van der Waals surface area contributed by atoms with Gasteiger partial charge >= 0.3 is 5.97 Å². The predicted molar refractivity (Wildman–Crippen MR) is 70.9 cm³/mol. The van der Waals surface area contributed by atoms with Gasteiger partial charge < -0.3 is 15.2 Å². The number of ether oxygens (including phenoxy) is 1. The fraction of sp³-hybridized carbons (Fsp3) is 0.500. The number of hydrogen-bond acceptors (Lipinski definition) is 3. The van der Waals surface area contributed by atoms with Gasteiger partial charge in [-0.05, 0) is 38.0 Å². The molecule has 0 aliphatic heterocycles. The number of carbonyl (C=O) groups is 1. The monoisotopic (exact) mass is 251 g/mol. The van der Waals surface area contributed by atoms with Gasteiger partial charge in [-0.2, -0.15) is 0 Å². The van der Waals surface area contributed by atoms with Crippen LogP contribution in [0, 0.1) is 0 Å². The van der Waals surface area contributed by atoms with Crippen molar-refractivity contribution in [3.05, 3.63) is 29.8 Å². The van der Waals surface area contributed by atoms with E-state index in [2.05, 4.69) is 12.2 Å². The summed E-state index contributed by atoms with van der Waals surface area (Å²) in [6.07, 6.45) is 0.833. The van der Waals surface area contributed by atoms with Gasteiger partial charge in [0.05, 0.1) is 7.11 Å². The van der Waals surface area contributed by atoms with Gasteiger partial charge in [0, 0.05) is 18.5 Å². The molecule has 0 aliphatic rings. The van der Waals surface area contributed by atoms with Crippen LogP contribution in [-0.4, -0.2) is 24.2 Å². The Bertz CT molecular complexity index is 375. The van der Waals surface area contributed by atoms with Gasteiger partial charge in [0.25, 0.3) is 0 Å². The molecule has 0 heterocycles. The molecular weight excluding hydrogens is 230 g/mol. The van der Waals surface area contributed by atoms with Crippen molar-refractivity contribution in [1.82, 2.24) is 5.32 Å². The Morgan fingerprint density at radius 2 is 1.94 bits per heavy atom. The van der Waals surface area contributed by atoms with Gasteiger partial charge in [-0.25, -0.2) is 0 Å². The van der Waals surface area contributed by atoms with Crippen LogP contribution in [0.2, 0.25) is 0 Å². The second-order valence-electron chi connectivity index (χ2n) is 4.49. The Balaban J connectivity index is 2.47. The van der Waals surface area contributed by atoms with Crippen molar-refractivity contribution in [3.63, 3.8) is 0 Å². The zero-order valence-corrected chi connectivity index (χ0v) is 11.1. The zero-order chi connectivity index (χ0) is 13.5. The van der Waals surface area contributed by atoms with E-state index in [1.807, 2.05) is 31.2 Å². The summed E-state index contributed by atoms with van der Waals surface area (Å²) >= 11 is 0. The summed E-state index contributed by atoms with van der Waals surface area (Å²) < 4.78 is 5.11. The summed E-state index contributed by atoms with van der Waals surface area (Å²) in [4.78, 5) is 10.5. The highest BCUT2D eigenvalue weighted by Crippen LogP contribution is 2.18. The minimum Gasteiger partial charge on any atom is -0.497 e. The standard InChI is InChI=1S/C14H21NO3/c1-10(4-9-14(16)17)15-11(2)12-5-7-13(18-3)8-6-12/h5-8,10-11,15H,4,9H2,1-3H3,(H,16,17)/t10?,11-/m0/s1. The molecule has 1 aromatic carbocycles. The van der Waals surface area contributed by atoms with Crippen LogP contribution in [0.4, 0.5) is 0 Å². The Hall–Kier alpha value is -1.55. The van der Waals surface area contributed by atoms with Crippen molar-refractivity contribution >= 4 is 5.97 Å². The van der Waals surface area contributed by atoms with Crippen molar-refractivity contribution in [2.75, 3.05) is 7.11 Å². The Morgan fingerprint density at radius 1 is 1.33 bits per heavy atom. The number of carboxylic acid groups (broad SMARTS) is 1. The lowest BCUT2D eigenvalue weighted by molar-refractivity contribution is -0.137. The van der Waals surface area contributed by atoms with E-state index in [0.717, 1.165) is 11.3 Å². The maximum Gasteiger partial charge on any atom is 0.303 e. The summed E-state index contributed by atoms with van der Waals surface area (Å²) in [6.45, 7) is 4.07. The van der Waals surface area contributed by atoms with E-state index < -0.39 is 5.97 Å². The van der Waals surface area contributed by atoms with Gasteiger partial charge in [-0.1, -0.05) is 12.1 Å². The van der Waals surface area contributed by atoms with Gasteiger partial charge in [0.1, 0.15) is 5.75 Å². The first kappa shape index (κ1) is 14.5. The summed E-state index contributed by atoms with van der Waals surface area (Å²) in [7, 11) is 1.64. The number of aliphatic carboxylic acids is 1. The van der Waals surface area contributed by atoms with Crippen LogP contribution in [-0.2, 0) is 4.79 Å². The zero-order valence-electron chi connectivity index (χ0n) is 11.1. The summed E-state index contributed by atoms with van der Waals surface area (Å²) in [6, 6.07) is 8.25. The molecular formula is C14H21NO3. The molecule has 1 aromatic rings. The molecule has 18 heavy (non-hydrogen) atoms. The Morgan fingerprint density at radius 3 is 2.44 bits per heavy atom. The molecule has 4 nitrogen and oxygen atoms in total. The van der Waals surface area contributed by atoms with Gasteiger partial charge in [-0.15, -0.1) is 0 Å². The first-order valence-corrected chi connectivity index (χ1v) is 6.14. The maximum atomic E-state index is 10.5. The average molecular weight is 251 g/mol. The van der Waals surface area contributed by atoms with Crippen LogP contribution in [0.25, 0.3) is 0 Å². The predicted octanol–water partition coefficient (Wildman–Crippen LogP) is 2.60. The molecule has 0 saturated carbocycles. The van der Waals surface area contributed by atoms with Crippen molar-refractivity contribution < 1.29 is 14.6 Å². The lowest BCUT2D eigenvalue weighted by Crippen LogP contribution is -2.29. The number of benzene rings is 1. The summed E-state index contributed by atoms with van der Waals surface area (Å²) in [5, 5.41) is 12.0. The van der Waals surface area contributed by atoms with E-state index in [1.165, 1.54) is 0 Å². The number of hydrogen-bond donors (Lipinski definition) is 2. The van der Waals surface area contributed by atoms with Gasteiger partial charge in [-0.3, -0.25) is 4.79 Å². The Labute approximate surface area is 108 Å². The molecule has 0 fully saturated rings. The summed E-state index contributed by atoms with van der Waals surface area (Å²) in [5.74, 6) is 0.0885. The topological polar surface area (TPSA) is 58.6 Å². The number of methoxy groups -OCH3 is 1. The first-order chi connectivity index (χ1) is 8.52. The molecule has 0 saturated heterocycles. The Kier molecular flexibility index (Phi) is 5.65. The van der Waals surface area contributed by atoms with Gasteiger partial charge in [0.2, 0.25) is 0 Å². The van der Waals surface area contributed by atoms with Crippen LogP contribution in [0.3, 0.4) is 0 Å². The van der Waals surface area contributed by atoms with Crippen LogP contribution < -0.4 is 10.1 Å². The van der Waals surface area contributed by atoms with E-state index in [4.69, 9.17) is 9.84 Å². The molecule has 0 radical (unpaired) electrons. The highest BCUT2D eigenvalue weighted by molar-refractivity contribution is 5.66. The number of carboxylic acids is 1. The minimum absolute atomic E-state index is 0.179. The van der Waals surface area contributed by atoms with Crippen LogP contribution in [0.5, 0.6) is 5.75 Å². The molecule has 100 valence electrons. The van der Waals surface area contributed by atoms with Crippen LogP contribution in [0.1, 0.15) is 38.3 Å². The van der Waals surface area contributed by atoms with Gasteiger partial charge in [0.15, 0.2) is 0 Å². The maximum absolute atomic E-state index is 10.5. The van der Waals surface area contributed by atoms with Crippen LogP contribution in [0.15, 0.2) is 24.3 Å². The third-order valence-corrected chi connectivity index (χ3v) is 2.94. The van der Waals surface area contributed by atoms with E-state index in [0.29, 0.717) is 6.42 Å². The fourth-order valence-electron chi connectivity index (χ4n) is 1.84. The highest BCUT2D eigenvalue weighted by atomic mass is 16.5. The third kappa shape index (κ3) is 4.75. The lowest BCUT2D eigenvalue weighted by atomic mass is 10.1. The van der Waals surface area contributed by atoms with Crippen LogP contribution >= 0.6 is 0 Å². The molecule has 0 bridgehead atoms. The van der Waals surface area contributed by atoms with Crippen molar-refractivity contribution in [2.24, 2.45) is 0 Å². The van der Waals surface area contributed by atoms with E-state index in [9.17, 15) is 4.79 Å². The normalized spacial score (nSPS) is 13.9. The van der Waals surface area contributed by atoms with E-state index in [-0.39, 0.29) is 18.5 Å². The van der Waals surface area contributed by atoms with E-state index >= 15 is 0 Å². The van der Waals surface area contributed by atoms with Crippen molar-refractivity contribution in [1.29, 1.82) is 0 Å². The molecule has 4 heteroatoms. The SMILES string of the molecule is COc1ccc([C@H](C)NC(C)CCC(=O)O)cc1. The largest absolute Gasteiger partial charge is 0.497 e. The fourth-order valence-corrected chi connectivity index (χ4v) is 1.84. The van der Waals surface area contributed by atoms with Crippen molar-refractivity contribution in [3.8, 4) is 5.75 Å². The minimum atomic E-state index is -0.749. The quantitative estimate of drug-likeness (QED) is 0.782. The molecule has 0 amide bonds. The smallest absolute Gasteiger partial charge is 0.303 e. The molecule has 2 N–H and O–H groups in total. The molecule has 0 aliphatic carbocycles. The first-order valence-electron chi connectivity index (χ1n) is 6.14. The molecule has 2 atom stereocenters. The summed E-state index contributed by atoms with van der Waals surface area (Å²) in [5.41, 5.74) is 1.16. The second kappa shape index (κ2) is 7.01. The van der Waals surface area contributed by atoms with E-state index in [1.54, 1.807) is 7.11 Å². The molecule has 0 aromatic heterocycles. The van der Waals surface area contributed by atoms with Crippen molar-refractivity contribution in [2.45, 2.75) is 38.8 Å². The second-order valence-corrected chi connectivity index (χ2v) is 4.49. The number of rotatable bonds is 7. The molecule has 0 spiro atoms. The molecule has 1 rings (SSSR count). The third-order valence-electron chi connectivity index (χ3n) is 2.94.